The Hall–Kier alpha value is -1.26. The molecule has 4 nitrogen and oxygen atoms in total. The maximum absolute atomic E-state index is 11.6. The number of phenols is 1. The van der Waals surface area contributed by atoms with E-state index in [1.54, 1.807) is 32.0 Å². The molecule has 0 bridgehead atoms. The van der Waals surface area contributed by atoms with Gasteiger partial charge in [0.2, 0.25) is 0 Å². The van der Waals surface area contributed by atoms with Gasteiger partial charge in [-0.25, -0.2) is 0 Å². The van der Waals surface area contributed by atoms with Crippen LogP contribution in [-0.4, -0.2) is 18.2 Å². The number of carbonyl (C=O) groups is 1. The molecule has 0 fully saturated rings. The lowest BCUT2D eigenvalue weighted by Crippen LogP contribution is -2.37. The van der Waals surface area contributed by atoms with Crippen molar-refractivity contribution in [3.63, 3.8) is 0 Å². The van der Waals surface area contributed by atoms with Crippen molar-refractivity contribution in [1.29, 1.82) is 0 Å². The number of rotatable bonds is 3. The fourth-order valence-electron chi connectivity index (χ4n) is 1.56. The second kappa shape index (κ2) is 4.94. The van der Waals surface area contributed by atoms with Crippen LogP contribution in [0.25, 0.3) is 0 Å². The largest absolute Gasteiger partial charge is 0.506 e. The molecule has 5 heteroatoms. The predicted octanol–water partition coefficient (Wildman–Crippen LogP) is 2.24. The Balaban J connectivity index is 3.16. The Morgan fingerprint density at radius 2 is 2.12 bits per heavy atom. The number of hydrogen-bond donors (Lipinski definition) is 2. The second-order valence-electron chi connectivity index (χ2n) is 4.37. The van der Waals surface area contributed by atoms with E-state index in [2.05, 4.69) is 0 Å². The molecule has 0 amide bonds. The number of methoxy groups -OCH3 is 1. The first-order chi connectivity index (χ1) is 7.82. The summed E-state index contributed by atoms with van der Waals surface area (Å²) < 4.78 is 4.69. The van der Waals surface area contributed by atoms with E-state index in [-0.39, 0.29) is 10.8 Å². The molecule has 0 unspecified atom stereocenters. The third-order valence-corrected chi connectivity index (χ3v) is 3.15. The minimum Gasteiger partial charge on any atom is -0.506 e. The van der Waals surface area contributed by atoms with Crippen LogP contribution < -0.4 is 5.73 Å². The molecule has 1 rings (SSSR count). The minimum absolute atomic E-state index is 0.0985. The Kier molecular flexibility index (Phi) is 4.01. The van der Waals surface area contributed by atoms with Crippen LogP contribution in [0.5, 0.6) is 5.75 Å². The summed E-state index contributed by atoms with van der Waals surface area (Å²) in [4.78, 5) is 11.6. The van der Waals surface area contributed by atoms with Gasteiger partial charge in [0.15, 0.2) is 0 Å². The minimum atomic E-state index is -0.948. The van der Waals surface area contributed by atoms with Gasteiger partial charge in [-0.15, -0.1) is 0 Å². The Labute approximate surface area is 105 Å². The number of carbonyl (C=O) groups excluding carboxylic acids is 1. The highest BCUT2D eigenvalue weighted by atomic mass is 35.5. The monoisotopic (exact) mass is 257 g/mol. The molecule has 0 saturated carbocycles. The first kappa shape index (κ1) is 13.8. The average Bonchev–Trinajstić information content (AvgIpc) is 2.30. The lowest BCUT2D eigenvalue weighted by atomic mass is 9.81. The quantitative estimate of drug-likeness (QED) is 0.815. The van der Waals surface area contributed by atoms with E-state index in [1.807, 2.05) is 0 Å². The van der Waals surface area contributed by atoms with Gasteiger partial charge in [-0.3, -0.25) is 4.79 Å². The molecular formula is C12H16ClNO3. The Morgan fingerprint density at radius 1 is 1.53 bits per heavy atom. The smallest absolute Gasteiger partial charge is 0.313 e. The maximum atomic E-state index is 11.6. The fraction of sp³-hybridized carbons (Fsp3) is 0.417. The van der Waals surface area contributed by atoms with E-state index < -0.39 is 17.4 Å². The number of benzene rings is 1. The van der Waals surface area contributed by atoms with E-state index in [0.717, 1.165) is 0 Å². The zero-order valence-corrected chi connectivity index (χ0v) is 10.8. The van der Waals surface area contributed by atoms with Crippen molar-refractivity contribution >= 4 is 17.6 Å². The number of halogens is 1. The number of para-hydroxylation sites is 1. The van der Waals surface area contributed by atoms with Crippen molar-refractivity contribution < 1.29 is 14.6 Å². The third-order valence-electron chi connectivity index (χ3n) is 2.84. The van der Waals surface area contributed by atoms with Crippen LogP contribution in [0.2, 0.25) is 5.02 Å². The molecule has 0 aliphatic heterocycles. The summed E-state index contributed by atoms with van der Waals surface area (Å²) in [7, 11) is 1.30. The van der Waals surface area contributed by atoms with Crippen LogP contribution in [0.3, 0.4) is 0 Å². The number of phenolic OH excluding ortho intramolecular Hbond substituents is 1. The van der Waals surface area contributed by atoms with Crippen LogP contribution in [0, 0.1) is 5.41 Å². The standard InChI is InChI=1S/C12H16ClNO3/c1-12(2,11(16)17-3)10(14)7-5-4-6-8(13)9(7)15/h4-6,10,15H,14H2,1-3H3/t10-/m1/s1. The highest BCUT2D eigenvalue weighted by Gasteiger charge is 2.37. The van der Waals surface area contributed by atoms with Crippen molar-refractivity contribution in [2.24, 2.45) is 11.1 Å². The SMILES string of the molecule is COC(=O)C(C)(C)[C@H](N)c1cccc(Cl)c1O. The molecular weight excluding hydrogens is 242 g/mol. The number of aromatic hydroxyl groups is 1. The van der Waals surface area contributed by atoms with Gasteiger partial charge < -0.3 is 15.6 Å². The molecule has 17 heavy (non-hydrogen) atoms. The van der Waals surface area contributed by atoms with Crippen molar-refractivity contribution in [2.45, 2.75) is 19.9 Å². The van der Waals surface area contributed by atoms with Crippen molar-refractivity contribution in [3.8, 4) is 5.75 Å². The number of nitrogens with two attached hydrogens (primary N) is 1. The summed E-state index contributed by atoms with van der Waals surface area (Å²) >= 11 is 5.80. The molecule has 0 heterocycles. The van der Waals surface area contributed by atoms with E-state index in [4.69, 9.17) is 22.1 Å². The molecule has 0 spiro atoms. The summed E-state index contributed by atoms with van der Waals surface area (Å²) in [5, 5.41) is 10.0. The van der Waals surface area contributed by atoms with Gasteiger partial charge in [0.1, 0.15) is 5.75 Å². The van der Waals surface area contributed by atoms with Crippen molar-refractivity contribution in [2.75, 3.05) is 7.11 Å². The molecule has 1 aromatic carbocycles. The molecule has 1 aromatic rings. The summed E-state index contributed by atoms with van der Waals surface area (Å²) in [5.74, 6) is -0.539. The van der Waals surface area contributed by atoms with Crippen LogP contribution in [0.1, 0.15) is 25.5 Å². The second-order valence-corrected chi connectivity index (χ2v) is 4.78. The molecule has 0 aliphatic rings. The van der Waals surface area contributed by atoms with E-state index in [1.165, 1.54) is 7.11 Å². The summed E-state index contributed by atoms with van der Waals surface area (Å²) in [5.41, 5.74) is 5.48. The fourth-order valence-corrected chi connectivity index (χ4v) is 1.74. The van der Waals surface area contributed by atoms with Gasteiger partial charge in [-0.05, 0) is 19.9 Å². The van der Waals surface area contributed by atoms with Crippen LogP contribution in [-0.2, 0) is 9.53 Å². The molecule has 0 aromatic heterocycles. The van der Waals surface area contributed by atoms with Gasteiger partial charge in [0.25, 0.3) is 0 Å². The highest BCUT2D eigenvalue weighted by Crippen LogP contribution is 2.39. The molecule has 94 valence electrons. The first-order valence-electron chi connectivity index (χ1n) is 5.13. The van der Waals surface area contributed by atoms with E-state index in [9.17, 15) is 9.90 Å². The van der Waals surface area contributed by atoms with E-state index >= 15 is 0 Å². The third kappa shape index (κ3) is 2.53. The van der Waals surface area contributed by atoms with Gasteiger partial charge in [0, 0.05) is 11.6 Å². The van der Waals surface area contributed by atoms with Crippen molar-refractivity contribution in [3.05, 3.63) is 28.8 Å². The number of esters is 1. The maximum Gasteiger partial charge on any atom is 0.313 e. The van der Waals surface area contributed by atoms with Crippen LogP contribution in [0.4, 0.5) is 0 Å². The van der Waals surface area contributed by atoms with Gasteiger partial charge in [-0.2, -0.15) is 0 Å². The topological polar surface area (TPSA) is 72.5 Å². The normalized spacial score (nSPS) is 13.2. The molecule has 1 atom stereocenters. The average molecular weight is 258 g/mol. The molecule has 3 N–H and O–H groups in total. The number of hydrogen-bond acceptors (Lipinski definition) is 4. The predicted molar refractivity (Wildman–Crippen MR) is 65.8 cm³/mol. The van der Waals surface area contributed by atoms with Gasteiger partial charge in [0.05, 0.1) is 17.5 Å². The molecule has 0 radical (unpaired) electrons. The first-order valence-corrected chi connectivity index (χ1v) is 5.51. The Morgan fingerprint density at radius 3 is 2.65 bits per heavy atom. The molecule has 0 aliphatic carbocycles. The lowest BCUT2D eigenvalue weighted by molar-refractivity contribution is -0.152. The van der Waals surface area contributed by atoms with Crippen LogP contribution in [0.15, 0.2) is 18.2 Å². The summed E-state index contributed by atoms with van der Waals surface area (Å²) in [6, 6.07) is 4.16. The van der Waals surface area contributed by atoms with Crippen molar-refractivity contribution in [1.82, 2.24) is 0 Å². The lowest BCUT2D eigenvalue weighted by Gasteiger charge is -2.29. The summed E-state index contributed by atoms with van der Waals surface area (Å²) in [6.45, 7) is 3.31. The molecule has 0 saturated heterocycles. The van der Waals surface area contributed by atoms with E-state index in [0.29, 0.717) is 5.56 Å². The van der Waals surface area contributed by atoms with Gasteiger partial charge >= 0.3 is 5.97 Å². The van der Waals surface area contributed by atoms with Crippen LogP contribution >= 0.6 is 11.6 Å². The Bertz CT molecular complexity index is 432. The zero-order chi connectivity index (χ0) is 13.2. The summed E-state index contributed by atoms with van der Waals surface area (Å²) in [6.07, 6.45) is 0. The highest BCUT2D eigenvalue weighted by molar-refractivity contribution is 6.32. The number of ether oxygens (including phenoxy) is 1. The van der Waals surface area contributed by atoms with Gasteiger partial charge in [-0.1, -0.05) is 23.7 Å². The zero-order valence-electron chi connectivity index (χ0n) is 10.0.